The molecule has 1 aliphatic carbocycles. The van der Waals surface area contributed by atoms with Gasteiger partial charge in [0.05, 0.1) is 31.7 Å². The van der Waals surface area contributed by atoms with E-state index >= 15 is 0 Å². The second kappa shape index (κ2) is 11.3. The van der Waals surface area contributed by atoms with Crippen LogP contribution in [0.4, 0.5) is 5.82 Å². The van der Waals surface area contributed by atoms with Crippen LogP contribution in [0.15, 0.2) is 54.5 Å². The van der Waals surface area contributed by atoms with Gasteiger partial charge in [-0.25, -0.2) is 19.5 Å². The normalized spacial score (nSPS) is 17.0. The lowest BCUT2D eigenvalue weighted by Gasteiger charge is -2.24. The van der Waals surface area contributed by atoms with Crippen LogP contribution in [-0.2, 0) is 11.3 Å². The molecular formula is C31H30ClN7O3. The Bertz CT molecular complexity index is 1760. The van der Waals surface area contributed by atoms with Gasteiger partial charge in [-0.15, -0.1) is 0 Å². The van der Waals surface area contributed by atoms with Gasteiger partial charge in [0.2, 0.25) is 5.70 Å². The molecule has 3 heterocycles. The van der Waals surface area contributed by atoms with E-state index in [1.54, 1.807) is 22.8 Å². The number of nitrogens with zero attached hydrogens (tertiary/aromatic N) is 6. The van der Waals surface area contributed by atoms with Crippen LogP contribution in [-0.4, -0.2) is 50.3 Å². The number of hydrogen-bond donors (Lipinski definition) is 1. The number of aryl methyl sites for hydroxylation is 1. The highest BCUT2D eigenvalue weighted by atomic mass is 35.5. The van der Waals surface area contributed by atoms with Gasteiger partial charge >= 0.3 is 0 Å². The van der Waals surface area contributed by atoms with Crippen molar-refractivity contribution in [1.29, 1.82) is 0 Å². The first-order valence-corrected chi connectivity index (χ1v) is 14.2. The summed E-state index contributed by atoms with van der Waals surface area (Å²) in [6, 6.07) is 10.9. The van der Waals surface area contributed by atoms with Gasteiger partial charge in [-0.1, -0.05) is 23.7 Å². The minimum atomic E-state index is -0.208. The standard InChI is InChI=1S/C31H30ClN7O3/c1-18-6-10-22(15-23(18)32)42-25-11-9-20(14-26(25)41-3)28-27-29(33)35-17-36-30(27)39(37-28)16-21-5-4-12-38(21)31(40)24(34-2)13-19-7-8-19/h6,9-11,13-15,17,19,21H,4-5,7-8,12,16H2,1,3H3,(H2,33,35,36)/b24-13-. The van der Waals surface area contributed by atoms with E-state index in [9.17, 15) is 4.79 Å². The van der Waals surface area contributed by atoms with Gasteiger partial charge in [0.1, 0.15) is 23.6 Å². The van der Waals surface area contributed by atoms with Crippen LogP contribution in [0.3, 0.4) is 0 Å². The summed E-state index contributed by atoms with van der Waals surface area (Å²) in [5, 5.41) is 6.15. The van der Waals surface area contributed by atoms with Crippen LogP contribution in [0.5, 0.6) is 17.2 Å². The van der Waals surface area contributed by atoms with Gasteiger partial charge in [-0.3, -0.25) is 4.79 Å². The van der Waals surface area contributed by atoms with E-state index in [0.717, 1.165) is 36.8 Å². The van der Waals surface area contributed by atoms with E-state index in [-0.39, 0.29) is 17.6 Å². The van der Waals surface area contributed by atoms with Crippen molar-refractivity contribution in [1.82, 2.24) is 24.6 Å². The molecule has 1 saturated carbocycles. The van der Waals surface area contributed by atoms with Crippen LogP contribution in [0.2, 0.25) is 5.02 Å². The maximum Gasteiger partial charge on any atom is 0.252 e. The van der Waals surface area contributed by atoms with Gasteiger partial charge < -0.3 is 20.1 Å². The lowest BCUT2D eigenvalue weighted by atomic mass is 10.1. The summed E-state index contributed by atoms with van der Waals surface area (Å²) < 4.78 is 13.5. The predicted octanol–water partition coefficient (Wildman–Crippen LogP) is 6.04. The Morgan fingerprint density at radius 1 is 1.19 bits per heavy atom. The molecule has 1 amide bonds. The van der Waals surface area contributed by atoms with Crippen molar-refractivity contribution < 1.29 is 14.3 Å². The molecule has 1 aliphatic heterocycles. The van der Waals surface area contributed by atoms with Crippen molar-refractivity contribution in [3.63, 3.8) is 0 Å². The Morgan fingerprint density at radius 3 is 2.76 bits per heavy atom. The number of benzene rings is 2. The van der Waals surface area contributed by atoms with Gasteiger partial charge in [-0.2, -0.15) is 5.10 Å². The number of hydrogen-bond acceptors (Lipinski definition) is 7. The van der Waals surface area contributed by atoms with Gasteiger partial charge in [0, 0.05) is 17.1 Å². The summed E-state index contributed by atoms with van der Waals surface area (Å²) in [7, 11) is 1.57. The lowest BCUT2D eigenvalue weighted by Crippen LogP contribution is -2.38. The van der Waals surface area contributed by atoms with E-state index in [1.807, 2.05) is 43.3 Å². The summed E-state index contributed by atoms with van der Waals surface area (Å²) in [4.78, 5) is 27.4. The van der Waals surface area contributed by atoms with E-state index in [4.69, 9.17) is 38.5 Å². The Kier molecular flexibility index (Phi) is 7.43. The molecule has 1 unspecified atom stereocenters. The maximum atomic E-state index is 13.3. The highest BCUT2D eigenvalue weighted by Crippen LogP contribution is 2.39. The third kappa shape index (κ3) is 5.35. The van der Waals surface area contributed by atoms with Crippen molar-refractivity contribution >= 4 is 34.4 Å². The van der Waals surface area contributed by atoms with Crippen LogP contribution in [0.1, 0.15) is 31.2 Å². The molecule has 2 aromatic heterocycles. The van der Waals surface area contributed by atoms with Gasteiger partial charge in [-0.05, 0) is 74.4 Å². The molecule has 0 radical (unpaired) electrons. The van der Waals surface area contributed by atoms with E-state index in [2.05, 4.69) is 14.8 Å². The Labute approximate surface area is 248 Å². The number of nitrogens with two attached hydrogens (primary N) is 1. The number of anilines is 1. The van der Waals surface area contributed by atoms with Crippen LogP contribution in [0, 0.1) is 19.4 Å². The number of amides is 1. The fraction of sp³-hybridized carbons (Fsp3) is 0.323. The van der Waals surface area contributed by atoms with E-state index in [1.165, 1.54) is 6.33 Å². The zero-order valence-electron chi connectivity index (χ0n) is 23.4. The van der Waals surface area contributed by atoms with Crippen molar-refractivity contribution in [3.8, 4) is 28.5 Å². The highest BCUT2D eigenvalue weighted by molar-refractivity contribution is 6.31. The fourth-order valence-electron chi connectivity index (χ4n) is 5.31. The number of rotatable bonds is 8. The Hall–Kier alpha value is -4.62. The highest BCUT2D eigenvalue weighted by Gasteiger charge is 2.33. The average Bonchev–Trinajstić information content (AvgIpc) is 3.57. The number of fused-ring (bicyclic) bond motifs is 1. The van der Waals surface area contributed by atoms with Crippen LogP contribution in [0.25, 0.3) is 27.1 Å². The first-order chi connectivity index (χ1) is 20.4. The molecule has 2 aromatic carbocycles. The minimum absolute atomic E-state index is 0.124. The fourth-order valence-corrected chi connectivity index (χ4v) is 5.48. The number of aromatic nitrogens is 4. The first kappa shape index (κ1) is 27.5. The second-order valence-corrected chi connectivity index (χ2v) is 11.1. The summed E-state index contributed by atoms with van der Waals surface area (Å²) in [5.74, 6) is 2.05. The quantitative estimate of drug-likeness (QED) is 0.199. The average molecular weight is 584 g/mol. The first-order valence-electron chi connectivity index (χ1n) is 13.9. The molecular weight excluding hydrogens is 554 g/mol. The minimum Gasteiger partial charge on any atom is -0.493 e. The molecule has 10 nitrogen and oxygen atoms in total. The monoisotopic (exact) mass is 583 g/mol. The summed E-state index contributed by atoms with van der Waals surface area (Å²) >= 11 is 6.28. The zero-order chi connectivity index (χ0) is 29.4. The lowest BCUT2D eigenvalue weighted by molar-refractivity contribution is -0.127. The summed E-state index contributed by atoms with van der Waals surface area (Å²) in [6.07, 6.45) is 6.99. The van der Waals surface area contributed by atoms with Crippen molar-refractivity contribution in [2.75, 3.05) is 19.4 Å². The zero-order valence-corrected chi connectivity index (χ0v) is 24.1. The molecule has 6 rings (SSSR count). The molecule has 2 aliphatic rings. The molecule has 42 heavy (non-hydrogen) atoms. The molecule has 4 aromatic rings. The number of carbonyl (C=O) groups is 1. The van der Waals surface area contributed by atoms with Crippen LogP contribution >= 0.6 is 11.6 Å². The predicted molar refractivity (Wildman–Crippen MR) is 160 cm³/mol. The SMILES string of the molecule is [C-]#[N+]/C(=C\C1CC1)C(=O)N1CCCC1Cn1nc(-c2ccc(Oc3ccc(C)c(Cl)c3)c(OC)c2)c2c(N)ncnc21. The molecule has 214 valence electrons. The molecule has 2 N–H and O–H groups in total. The molecule has 11 heteroatoms. The maximum absolute atomic E-state index is 13.3. The number of halogens is 1. The van der Waals surface area contributed by atoms with Crippen molar-refractivity contribution in [2.45, 2.75) is 45.2 Å². The third-order valence-corrected chi connectivity index (χ3v) is 8.15. The number of methoxy groups -OCH3 is 1. The second-order valence-electron chi connectivity index (χ2n) is 10.7. The van der Waals surface area contributed by atoms with E-state index in [0.29, 0.717) is 63.8 Å². The number of allylic oxidation sites excluding steroid dienone is 1. The Morgan fingerprint density at radius 2 is 2.02 bits per heavy atom. The Balaban J connectivity index is 1.32. The molecule has 2 fully saturated rings. The third-order valence-electron chi connectivity index (χ3n) is 7.74. The van der Waals surface area contributed by atoms with Crippen molar-refractivity contribution in [2.24, 2.45) is 5.92 Å². The summed E-state index contributed by atoms with van der Waals surface area (Å²) in [6.45, 7) is 10.5. The number of carbonyl (C=O) groups excluding carboxylic acids is 1. The van der Waals surface area contributed by atoms with Crippen molar-refractivity contribution in [3.05, 3.63) is 76.5 Å². The number of likely N-dealkylation sites (tertiary alicyclic amines) is 1. The summed E-state index contributed by atoms with van der Waals surface area (Å²) in [5.41, 5.74) is 9.44. The van der Waals surface area contributed by atoms with E-state index < -0.39 is 0 Å². The molecule has 0 bridgehead atoms. The molecule has 1 atom stereocenters. The smallest absolute Gasteiger partial charge is 0.252 e. The largest absolute Gasteiger partial charge is 0.493 e. The number of nitrogen functional groups attached to an aromatic ring is 1. The van der Waals surface area contributed by atoms with Crippen LogP contribution < -0.4 is 15.2 Å². The van der Waals surface area contributed by atoms with Gasteiger partial charge in [0.15, 0.2) is 17.1 Å². The molecule has 0 spiro atoms. The molecule has 1 saturated heterocycles. The number of ether oxygens (including phenoxy) is 2. The topological polar surface area (TPSA) is 113 Å². The van der Waals surface area contributed by atoms with Gasteiger partial charge in [0.25, 0.3) is 5.91 Å².